The van der Waals surface area contributed by atoms with Crippen LogP contribution in [0.5, 0.6) is 0 Å². The Morgan fingerprint density at radius 3 is 2.55 bits per heavy atom. The number of carbonyl (C=O) groups excluding carboxylic acids is 1. The van der Waals surface area contributed by atoms with E-state index in [1.54, 1.807) is 19.2 Å². The summed E-state index contributed by atoms with van der Waals surface area (Å²) in [6.45, 7) is 1.31. The Bertz CT molecular complexity index is 496. The van der Waals surface area contributed by atoms with Gasteiger partial charge in [-0.2, -0.15) is 0 Å². The highest BCUT2D eigenvalue weighted by atomic mass is 19.1. The quantitative estimate of drug-likeness (QED) is 0.847. The number of hydrogen-bond donors (Lipinski definition) is 0. The van der Waals surface area contributed by atoms with Gasteiger partial charge in [-0.15, -0.1) is 0 Å². The Morgan fingerprint density at radius 1 is 1.40 bits per heavy atom. The maximum Gasteiger partial charge on any atom is 0.231 e. The summed E-state index contributed by atoms with van der Waals surface area (Å²) in [6, 6.07) is 6.60. The van der Waals surface area contributed by atoms with Gasteiger partial charge < -0.3 is 9.64 Å². The van der Waals surface area contributed by atoms with E-state index in [0.717, 1.165) is 37.8 Å². The van der Waals surface area contributed by atoms with Crippen molar-refractivity contribution in [1.29, 1.82) is 0 Å². The molecule has 2 aliphatic rings. The molecule has 1 aliphatic heterocycles. The second-order valence-corrected chi connectivity index (χ2v) is 5.92. The molecule has 1 saturated heterocycles. The largest absolute Gasteiger partial charge is 0.384 e. The van der Waals surface area contributed by atoms with Gasteiger partial charge in [0.15, 0.2) is 0 Å². The van der Waals surface area contributed by atoms with Crippen LogP contribution in [-0.2, 0) is 9.53 Å². The lowest BCUT2D eigenvalue weighted by atomic mass is 9.67. The zero-order valence-electron chi connectivity index (χ0n) is 11.8. The van der Waals surface area contributed by atoms with E-state index in [1.807, 2.05) is 4.90 Å². The smallest absolute Gasteiger partial charge is 0.231 e. The van der Waals surface area contributed by atoms with Crippen molar-refractivity contribution in [3.8, 4) is 0 Å². The number of carbonyl (C=O) groups is 1. The highest BCUT2D eigenvalue weighted by molar-refractivity contribution is 5.85. The summed E-state index contributed by atoms with van der Waals surface area (Å²) < 4.78 is 18.2. The molecule has 0 radical (unpaired) electrons. The van der Waals surface area contributed by atoms with Crippen LogP contribution in [0.3, 0.4) is 0 Å². The molecule has 0 aromatic heterocycles. The number of nitrogens with zero attached hydrogens (tertiary/aromatic N) is 1. The molecule has 3 rings (SSSR count). The first-order valence-corrected chi connectivity index (χ1v) is 7.22. The molecule has 1 aliphatic carbocycles. The maximum atomic E-state index is 13.0. The summed E-state index contributed by atoms with van der Waals surface area (Å²) >= 11 is 0. The number of halogens is 1. The second-order valence-electron chi connectivity index (χ2n) is 5.92. The highest BCUT2D eigenvalue weighted by Crippen LogP contribution is 2.46. The van der Waals surface area contributed by atoms with Crippen LogP contribution in [0.2, 0.25) is 0 Å². The van der Waals surface area contributed by atoms with E-state index in [1.165, 1.54) is 12.1 Å². The molecule has 0 N–H and O–H groups in total. The van der Waals surface area contributed by atoms with E-state index in [9.17, 15) is 9.18 Å². The van der Waals surface area contributed by atoms with Crippen LogP contribution in [0.25, 0.3) is 0 Å². The third kappa shape index (κ3) is 2.12. The number of benzene rings is 1. The van der Waals surface area contributed by atoms with Crippen molar-refractivity contribution in [3.63, 3.8) is 0 Å². The Balaban J connectivity index is 1.74. The number of ether oxygens (including phenoxy) is 1. The van der Waals surface area contributed by atoms with Crippen LogP contribution in [0.4, 0.5) is 4.39 Å². The Hall–Kier alpha value is -1.42. The fraction of sp³-hybridized carbons (Fsp3) is 0.562. The third-order valence-electron chi connectivity index (χ3n) is 4.72. The Labute approximate surface area is 118 Å². The van der Waals surface area contributed by atoms with Crippen LogP contribution in [0, 0.1) is 11.2 Å². The van der Waals surface area contributed by atoms with Gasteiger partial charge in [-0.25, -0.2) is 4.39 Å². The molecule has 2 fully saturated rings. The third-order valence-corrected chi connectivity index (χ3v) is 4.72. The van der Waals surface area contributed by atoms with Gasteiger partial charge in [-0.05, 0) is 37.0 Å². The number of hydrogen-bond acceptors (Lipinski definition) is 2. The van der Waals surface area contributed by atoms with Gasteiger partial charge in [0.1, 0.15) is 5.82 Å². The van der Waals surface area contributed by atoms with Crippen LogP contribution in [0.1, 0.15) is 37.3 Å². The first-order valence-electron chi connectivity index (χ1n) is 7.22. The molecule has 1 heterocycles. The van der Waals surface area contributed by atoms with Crippen molar-refractivity contribution in [3.05, 3.63) is 35.6 Å². The van der Waals surface area contributed by atoms with Crippen molar-refractivity contribution in [2.24, 2.45) is 5.41 Å². The summed E-state index contributed by atoms with van der Waals surface area (Å²) in [5, 5.41) is 0. The molecule has 20 heavy (non-hydrogen) atoms. The molecule has 1 aromatic rings. The fourth-order valence-electron chi connectivity index (χ4n) is 3.27. The number of amides is 1. The molecule has 0 unspecified atom stereocenters. The molecule has 1 atom stereocenters. The summed E-state index contributed by atoms with van der Waals surface area (Å²) in [5.74, 6) is -0.0213. The van der Waals surface area contributed by atoms with Crippen LogP contribution in [0.15, 0.2) is 24.3 Å². The lowest BCUT2D eigenvalue weighted by molar-refractivity contribution is -0.160. The molecular formula is C16H20FNO2. The predicted molar refractivity (Wildman–Crippen MR) is 73.6 cm³/mol. The summed E-state index contributed by atoms with van der Waals surface area (Å²) in [5.41, 5.74) is 0.728. The van der Waals surface area contributed by atoms with Crippen LogP contribution >= 0.6 is 0 Å². The van der Waals surface area contributed by atoms with Gasteiger partial charge in [-0.1, -0.05) is 18.6 Å². The summed E-state index contributed by atoms with van der Waals surface area (Å²) in [7, 11) is 1.65. The molecular weight excluding hydrogens is 257 g/mol. The van der Waals surface area contributed by atoms with E-state index in [0.29, 0.717) is 6.61 Å². The van der Waals surface area contributed by atoms with E-state index in [4.69, 9.17) is 4.74 Å². The zero-order chi connectivity index (χ0) is 14.2. The lowest BCUT2D eigenvalue weighted by Crippen LogP contribution is -2.55. The summed E-state index contributed by atoms with van der Waals surface area (Å²) in [4.78, 5) is 14.7. The SMILES string of the molecule is COCC1(C(=O)N2CC[C@H]2c2ccc(F)cc2)CCC1. The van der Waals surface area contributed by atoms with E-state index in [-0.39, 0.29) is 23.2 Å². The Morgan fingerprint density at radius 2 is 2.10 bits per heavy atom. The van der Waals surface area contributed by atoms with E-state index < -0.39 is 0 Å². The first kappa shape index (κ1) is 13.6. The zero-order valence-corrected chi connectivity index (χ0v) is 11.8. The predicted octanol–water partition coefficient (Wildman–Crippen LogP) is 2.92. The van der Waals surface area contributed by atoms with Crippen molar-refractivity contribution in [2.45, 2.75) is 31.7 Å². The molecule has 1 saturated carbocycles. The van der Waals surface area contributed by atoms with Crippen molar-refractivity contribution < 1.29 is 13.9 Å². The minimum absolute atomic E-state index is 0.109. The molecule has 1 amide bonds. The van der Waals surface area contributed by atoms with Gasteiger partial charge in [-0.3, -0.25) is 4.79 Å². The molecule has 108 valence electrons. The highest BCUT2D eigenvalue weighted by Gasteiger charge is 2.49. The monoisotopic (exact) mass is 277 g/mol. The maximum absolute atomic E-state index is 13.0. The van der Waals surface area contributed by atoms with Gasteiger partial charge in [0.05, 0.1) is 18.1 Å². The number of likely N-dealkylation sites (tertiary alicyclic amines) is 1. The second kappa shape index (κ2) is 5.17. The van der Waals surface area contributed by atoms with Gasteiger partial charge in [0, 0.05) is 13.7 Å². The average Bonchev–Trinajstić information content (AvgIpc) is 2.35. The number of methoxy groups -OCH3 is 1. The first-order chi connectivity index (χ1) is 9.66. The molecule has 0 bridgehead atoms. The summed E-state index contributed by atoms with van der Waals surface area (Å²) in [6.07, 6.45) is 3.91. The minimum atomic E-state index is -0.298. The topological polar surface area (TPSA) is 29.5 Å². The number of rotatable bonds is 4. The van der Waals surface area contributed by atoms with E-state index in [2.05, 4.69) is 0 Å². The van der Waals surface area contributed by atoms with E-state index >= 15 is 0 Å². The van der Waals surface area contributed by atoms with Crippen molar-refractivity contribution in [2.75, 3.05) is 20.3 Å². The van der Waals surface area contributed by atoms with Crippen LogP contribution in [-0.4, -0.2) is 31.1 Å². The Kier molecular flexibility index (Phi) is 3.50. The van der Waals surface area contributed by atoms with Gasteiger partial charge >= 0.3 is 0 Å². The molecule has 3 nitrogen and oxygen atoms in total. The molecule has 1 aromatic carbocycles. The van der Waals surface area contributed by atoms with Gasteiger partial charge in [0.2, 0.25) is 5.91 Å². The molecule has 0 spiro atoms. The lowest BCUT2D eigenvalue weighted by Gasteiger charge is -2.49. The van der Waals surface area contributed by atoms with Crippen molar-refractivity contribution in [1.82, 2.24) is 4.90 Å². The molecule has 4 heteroatoms. The average molecular weight is 277 g/mol. The van der Waals surface area contributed by atoms with Crippen LogP contribution < -0.4 is 0 Å². The minimum Gasteiger partial charge on any atom is -0.384 e. The van der Waals surface area contributed by atoms with Gasteiger partial charge in [0.25, 0.3) is 0 Å². The van der Waals surface area contributed by atoms with Crippen molar-refractivity contribution >= 4 is 5.91 Å². The fourth-order valence-corrected chi connectivity index (χ4v) is 3.27. The standard InChI is InChI=1S/C16H20FNO2/c1-20-11-16(8-2-9-16)15(19)18-10-7-14(18)12-3-5-13(17)6-4-12/h3-6,14H,2,7-11H2,1H3/t14-/m0/s1. The normalized spacial score (nSPS) is 23.9.